The molecule has 0 spiro atoms. The zero-order chi connectivity index (χ0) is 15.5. The second kappa shape index (κ2) is 6.30. The Bertz CT molecular complexity index is 937. The second-order valence-electron chi connectivity index (χ2n) is 5.08. The number of para-hydroxylation sites is 2. The molecular formula is C18H15N3OS. The maximum Gasteiger partial charge on any atom is 0.196 e. The third kappa shape index (κ3) is 2.87. The molecule has 4 rings (SSSR count). The van der Waals surface area contributed by atoms with E-state index in [0.29, 0.717) is 6.61 Å². The third-order valence-corrected chi connectivity index (χ3v) is 4.47. The standard InChI is InChI=1S/C18H15N3OS/c1-2-7-15(8-3-1)22-12-13-23-18-20-19-17-11-10-14-6-4-5-9-16(14)21(17)18/h1-11H,12-13H2. The van der Waals surface area contributed by atoms with Crippen molar-refractivity contribution in [2.75, 3.05) is 12.4 Å². The van der Waals surface area contributed by atoms with Gasteiger partial charge in [0.1, 0.15) is 5.75 Å². The van der Waals surface area contributed by atoms with Crippen molar-refractivity contribution in [2.45, 2.75) is 5.16 Å². The molecule has 0 amide bonds. The van der Waals surface area contributed by atoms with Crippen molar-refractivity contribution < 1.29 is 4.74 Å². The van der Waals surface area contributed by atoms with Gasteiger partial charge in [0.25, 0.3) is 0 Å². The first kappa shape index (κ1) is 14.1. The minimum Gasteiger partial charge on any atom is -0.493 e. The smallest absolute Gasteiger partial charge is 0.196 e. The highest BCUT2D eigenvalue weighted by molar-refractivity contribution is 7.99. The first-order valence-corrected chi connectivity index (χ1v) is 8.44. The van der Waals surface area contributed by atoms with Crippen molar-refractivity contribution in [2.24, 2.45) is 0 Å². The monoisotopic (exact) mass is 321 g/mol. The van der Waals surface area contributed by atoms with E-state index in [0.717, 1.165) is 27.8 Å². The van der Waals surface area contributed by atoms with Crippen molar-refractivity contribution in [3.63, 3.8) is 0 Å². The lowest BCUT2D eigenvalue weighted by Gasteiger charge is -2.06. The van der Waals surface area contributed by atoms with Gasteiger partial charge in [-0.05, 0) is 35.7 Å². The van der Waals surface area contributed by atoms with Gasteiger partial charge in [0.15, 0.2) is 10.8 Å². The van der Waals surface area contributed by atoms with Gasteiger partial charge in [-0.2, -0.15) is 0 Å². The molecular weight excluding hydrogens is 306 g/mol. The molecule has 0 aliphatic carbocycles. The number of hydrogen-bond donors (Lipinski definition) is 0. The van der Waals surface area contributed by atoms with E-state index in [4.69, 9.17) is 4.74 Å². The van der Waals surface area contributed by atoms with Crippen LogP contribution in [-0.2, 0) is 0 Å². The predicted octanol–water partition coefficient (Wildman–Crippen LogP) is 4.05. The van der Waals surface area contributed by atoms with Crippen LogP contribution in [-0.4, -0.2) is 27.0 Å². The number of hydrogen-bond acceptors (Lipinski definition) is 4. The zero-order valence-electron chi connectivity index (χ0n) is 12.4. The summed E-state index contributed by atoms with van der Waals surface area (Å²) in [4.78, 5) is 0. The number of thioether (sulfide) groups is 1. The van der Waals surface area contributed by atoms with E-state index in [1.54, 1.807) is 11.8 Å². The lowest BCUT2D eigenvalue weighted by Crippen LogP contribution is -2.01. The minimum atomic E-state index is 0.633. The summed E-state index contributed by atoms with van der Waals surface area (Å²) in [5.74, 6) is 1.71. The molecule has 0 fully saturated rings. The number of nitrogens with zero attached hydrogens (tertiary/aromatic N) is 3. The maximum absolute atomic E-state index is 5.73. The number of fused-ring (bicyclic) bond motifs is 3. The molecule has 114 valence electrons. The number of benzene rings is 2. The number of pyridine rings is 1. The van der Waals surface area contributed by atoms with Gasteiger partial charge in [-0.3, -0.25) is 4.40 Å². The van der Waals surface area contributed by atoms with Gasteiger partial charge < -0.3 is 4.74 Å². The molecule has 0 bridgehead atoms. The van der Waals surface area contributed by atoms with Gasteiger partial charge in [-0.25, -0.2) is 0 Å². The van der Waals surface area contributed by atoms with E-state index in [2.05, 4.69) is 32.8 Å². The van der Waals surface area contributed by atoms with E-state index < -0.39 is 0 Å². The Balaban J connectivity index is 1.52. The van der Waals surface area contributed by atoms with Crippen molar-refractivity contribution in [3.05, 3.63) is 66.7 Å². The van der Waals surface area contributed by atoms with Crippen molar-refractivity contribution in [3.8, 4) is 5.75 Å². The van der Waals surface area contributed by atoms with Crippen molar-refractivity contribution in [1.29, 1.82) is 0 Å². The fourth-order valence-electron chi connectivity index (χ4n) is 2.51. The number of aromatic nitrogens is 3. The molecule has 0 unspecified atom stereocenters. The molecule has 5 heteroatoms. The molecule has 4 aromatic rings. The Labute approximate surface area is 138 Å². The molecule has 0 aliphatic heterocycles. The van der Waals surface area contributed by atoms with Gasteiger partial charge in [0.2, 0.25) is 0 Å². The molecule has 2 heterocycles. The maximum atomic E-state index is 5.73. The van der Waals surface area contributed by atoms with Crippen LogP contribution in [0.15, 0.2) is 71.9 Å². The first-order valence-electron chi connectivity index (χ1n) is 7.45. The molecule has 0 aliphatic rings. The Hall–Kier alpha value is -2.53. The van der Waals surface area contributed by atoms with Crippen LogP contribution < -0.4 is 4.74 Å². The summed E-state index contributed by atoms with van der Waals surface area (Å²) in [5.41, 5.74) is 2.00. The quantitative estimate of drug-likeness (QED) is 0.410. The summed E-state index contributed by atoms with van der Waals surface area (Å²) in [6, 6.07) is 22.2. The molecule has 0 N–H and O–H groups in total. The van der Waals surface area contributed by atoms with Gasteiger partial charge in [-0.1, -0.05) is 48.2 Å². The van der Waals surface area contributed by atoms with Gasteiger partial charge >= 0.3 is 0 Å². The summed E-state index contributed by atoms with van der Waals surface area (Å²) in [5, 5.41) is 10.6. The molecule has 0 saturated heterocycles. The average Bonchev–Trinajstić information content (AvgIpc) is 3.03. The fraction of sp³-hybridized carbons (Fsp3) is 0.111. The minimum absolute atomic E-state index is 0.633. The van der Waals surface area contributed by atoms with Crippen LogP contribution >= 0.6 is 11.8 Å². The number of ether oxygens (including phenoxy) is 1. The molecule has 0 atom stereocenters. The van der Waals surface area contributed by atoms with E-state index in [1.165, 1.54) is 5.39 Å². The van der Waals surface area contributed by atoms with Crippen LogP contribution in [0.1, 0.15) is 0 Å². The zero-order valence-corrected chi connectivity index (χ0v) is 13.2. The summed E-state index contributed by atoms with van der Waals surface area (Å²) in [6.07, 6.45) is 0. The topological polar surface area (TPSA) is 39.4 Å². The molecule has 2 aromatic carbocycles. The van der Waals surface area contributed by atoms with Crippen LogP contribution in [0.25, 0.3) is 16.6 Å². The van der Waals surface area contributed by atoms with E-state index in [-0.39, 0.29) is 0 Å². The van der Waals surface area contributed by atoms with E-state index in [1.807, 2.05) is 48.5 Å². The Morgan fingerprint density at radius 1 is 0.870 bits per heavy atom. The SMILES string of the molecule is c1ccc(OCCSc2nnc3ccc4ccccc4n23)cc1. The van der Waals surface area contributed by atoms with Crippen molar-refractivity contribution >= 4 is 28.3 Å². The largest absolute Gasteiger partial charge is 0.493 e. The summed E-state index contributed by atoms with van der Waals surface area (Å²) in [7, 11) is 0. The second-order valence-corrected chi connectivity index (χ2v) is 6.14. The summed E-state index contributed by atoms with van der Waals surface area (Å²) < 4.78 is 7.83. The summed E-state index contributed by atoms with van der Waals surface area (Å²) in [6.45, 7) is 0.633. The van der Waals surface area contributed by atoms with Crippen LogP contribution in [0, 0.1) is 0 Å². The molecule has 4 nitrogen and oxygen atoms in total. The van der Waals surface area contributed by atoms with Gasteiger partial charge in [-0.15, -0.1) is 10.2 Å². The van der Waals surface area contributed by atoms with Crippen LogP contribution in [0.5, 0.6) is 5.75 Å². The van der Waals surface area contributed by atoms with Crippen LogP contribution in [0.4, 0.5) is 0 Å². The molecule has 0 radical (unpaired) electrons. The third-order valence-electron chi connectivity index (χ3n) is 3.57. The number of rotatable bonds is 5. The lowest BCUT2D eigenvalue weighted by molar-refractivity contribution is 0.344. The first-order chi connectivity index (χ1) is 11.4. The highest BCUT2D eigenvalue weighted by Gasteiger charge is 2.09. The molecule has 0 saturated carbocycles. The molecule has 23 heavy (non-hydrogen) atoms. The Morgan fingerprint density at radius 3 is 2.61 bits per heavy atom. The summed E-state index contributed by atoms with van der Waals surface area (Å²) >= 11 is 1.66. The van der Waals surface area contributed by atoms with E-state index >= 15 is 0 Å². The van der Waals surface area contributed by atoms with Gasteiger partial charge in [0, 0.05) is 5.75 Å². The predicted molar refractivity (Wildman–Crippen MR) is 93.2 cm³/mol. The molecule has 2 aromatic heterocycles. The van der Waals surface area contributed by atoms with Crippen LogP contribution in [0.3, 0.4) is 0 Å². The fourth-order valence-corrected chi connectivity index (χ4v) is 3.28. The normalized spacial score (nSPS) is 11.1. The van der Waals surface area contributed by atoms with E-state index in [9.17, 15) is 0 Å². The van der Waals surface area contributed by atoms with Crippen LogP contribution in [0.2, 0.25) is 0 Å². The Kier molecular flexibility index (Phi) is 3.86. The Morgan fingerprint density at radius 2 is 1.70 bits per heavy atom. The highest BCUT2D eigenvalue weighted by Crippen LogP contribution is 2.23. The highest BCUT2D eigenvalue weighted by atomic mass is 32.2. The van der Waals surface area contributed by atoms with Crippen molar-refractivity contribution in [1.82, 2.24) is 14.6 Å². The average molecular weight is 321 g/mol. The van der Waals surface area contributed by atoms with Gasteiger partial charge in [0.05, 0.1) is 12.1 Å². The lowest BCUT2D eigenvalue weighted by atomic mass is 10.2.